The van der Waals surface area contributed by atoms with Crippen molar-refractivity contribution in [2.75, 3.05) is 26.3 Å². The first-order valence-corrected chi connectivity index (χ1v) is 4.51. The van der Waals surface area contributed by atoms with E-state index < -0.39 is 18.9 Å². The first kappa shape index (κ1) is 12.1. The van der Waals surface area contributed by atoms with Gasteiger partial charge in [0.15, 0.2) is 6.61 Å². The van der Waals surface area contributed by atoms with Crippen molar-refractivity contribution < 1.29 is 27.8 Å². The number of likely N-dealkylation sites (tertiary alicyclic amines) is 1. The summed E-state index contributed by atoms with van der Waals surface area (Å²) < 4.78 is 39.2. The summed E-state index contributed by atoms with van der Waals surface area (Å²) in [6.45, 7) is -1.04. The lowest BCUT2D eigenvalue weighted by Crippen LogP contribution is -2.32. The van der Waals surface area contributed by atoms with E-state index in [4.69, 9.17) is 5.11 Å². The van der Waals surface area contributed by atoms with Gasteiger partial charge in [0.05, 0.1) is 0 Å². The number of carbonyl (C=O) groups excluding carboxylic acids is 1. The molecule has 0 spiro atoms. The van der Waals surface area contributed by atoms with Gasteiger partial charge in [-0.25, -0.2) is 4.79 Å². The van der Waals surface area contributed by atoms with Crippen LogP contribution in [-0.2, 0) is 4.74 Å². The van der Waals surface area contributed by atoms with Crippen LogP contribution in [0.1, 0.15) is 6.42 Å². The molecule has 1 heterocycles. The summed E-state index contributed by atoms with van der Waals surface area (Å²) in [5.41, 5.74) is 0. The maximum atomic E-state index is 11.7. The highest BCUT2D eigenvalue weighted by molar-refractivity contribution is 5.67. The monoisotopic (exact) mass is 227 g/mol. The number of aliphatic hydroxyl groups is 1. The summed E-state index contributed by atoms with van der Waals surface area (Å²) in [6, 6.07) is 0. The third kappa shape index (κ3) is 3.94. The normalized spacial score (nSPS) is 21.9. The van der Waals surface area contributed by atoms with Gasteiger partial charge in [0, 0.05) is 25.6 Å². The first-order valence-electron chi connectivity index (χ1n) is 4.51. The maximum Gasteiger partial charge on any atom is 0.422 e. The van der Waals surface area contributed by atoms with Crippen molar-refractivity contribution in [3.63, 3.8) is 0 Å². The molecule has 1 rings (SSSR count). The smallest absolute Gasteiger partial charge is 0.422 e. The summed E-state index contributed by atoms with van der Waals surface area (Å²) in [7, 11) is 0. The van der Waals surface area contributed by atoms with Crippen LogP contribution >= 0.6 is 0 Å². The number of rotatable bonds is 2. The third-order valence-electron chi connectivity index (χ3n) is 2.16. The molecular weight excluding hydrogens is 215 g/mol. The molecule has 1 saturated heterocycles. The Bertz CT molecular complexity index is 232. The number of hydrogen-bond donors (Lipinski definition) is 1. The van der Waals surface area contributed by atoms with Gasteiger partial charge in [-0.3, -0.25) is 0 Å². The lowest BCUT2D eigenvalue weighted by atomic mass is 10.1. The van der Waals surface area contributed by atoms with Crippen molar-refractivity contribution in [3.8, 4) is 0 Å². The number of halogens is 3. The van der Waals surface area contributed by atoms with E-state index in [1.807, 2.05) is 0 Å². The van der Waals surface area contributed by atoms with Crippen molar-refractivity contribution in [1.82, 2.24) is 4.90 Å². The Kier molecular flexibility index (Phi) is 3.78. The Hall–Kier alpha value is -0.980. The van der Waals surface area contributed by atoms with E-state index in [9.17, 15) is 18.0 Å². The average molecular weight is 227 g/mol. The van der Waals surface area contributed by atoms with Gasteiger partial charge in [0.25, 0.3) is 0 Å². The Morgan fingerprint density at radius 3 is 2.67 bits per heavy atom. The minimum atomic E-state index is -4.49. The zero-order chi connectivity index (χ0) is 11.5. The molecule has 0 aromatic carbocycles. The number of carbonyl (C=O) groups is 1. The Labute approximate surface area is 84.6 Å². The standard InChI is InChI=1S/C8H12F3NO3/c9-8(10,11)5-15-7(14)12-2-1-6(3-12)4-13/h6,13H,1-5H2. The van der Waals surface area contributed by atoms with Gasteiger partial charge < -0.3 is 14.7 Å². The number of aliphatic hydroxyl groups excluding tert-OH is 1. The van der Waals surface area contributed by atoms with Crippen LogP contribution in [0.2, 0.25) is 0 Å². The number of hydrogen-bond acceptors (Lipinski definition) is 3. The average Bonchev–Trinajstić information content (AvgIpc) is 2.61. The molecule has 0 saturated carbocycles. The highest BCUT2D eigenvalue weighted by atomic mass is 19.4. The fourth-order valence-corrected chi connectivity index (χ4v) is 1.38. The molecule has 4 nitrogen and oxygen atoms in total. The zero-order valence-electron chi connectivity index (χ0n) is 7.96. The van der Waals surface area contributed by atoms with Crippen molar-refractivity contribution >= 4 is 6.09 Å². The van der Waals surface area contributed by atoms with Gasteiger partial charge in [-0.1, -0.05) is 0 Å². The van der Waals surface area contributed by atoms with Crippen molar-refractivity contribution in [3.05, 3.63) is 0 Å². The van der Waals surface area contributed by atoms with Crippen molar-refractivity contribution in [2.45, 2.75) is 12.6 Å². The molecule has 1 aliphatic rings. The van der Waals surface area contributed by atoms with Gasteiger partial charge in [-0.15, -0.1) is 0 Å². The molecule has 0 aromatic rings. The first-order chi connectivity index (χ1) is 6.92. The van der Waals surface area contributed by atoms with Crippen molar-refractivity contribution in [2.24, 2.45) is 5.92 Å². The molecule has 1 atom stereocenters. The van der Waals surface area contributed by atoms with Gasteiger partial charge >= 0.3 is 12.3 Å². The predicted octanol–water partition coefficient (Wildman–Crippen LogP) is 0.999. The second-order valence-electron chi connectivity index (χ2n) is 3.45. The molecule has 7 heteroatoms. The van der Waals surface area contributed by atoms with Gasteiger partial charge in [-0.2, -0.15) is 13.2 Å². The van der Waals surface area contributed by atoms with E-state index in [0.29, 0.717) is 13.0 Å². The third-order valence-corrected chi connectivity index (χ3v) is 2.16. The van der Waals surface area contributed by atoms with Crippen LogP contribution < -0.4 is 0 Å². The summed E-state index contributed by atoms with van der Waals surface area (Å²) in [5, 5.41) is 8.77. The molecule has 0 radical (unpaired) electrons. The molecule has 1 unspecified atom stereocenters. The molecule has 1 aliphatic heterocycles. The molecule has 1 amide bonds. The Morgan fingerprint density at radius 1 is 1.53 bits per heavy atom. The predicted molar refractivity (Wildman–Crippen MR) is 44.2 cm³/mol. The van der Waals surface area contributed by atoms with Gasteiger partial charge in [0.2, 0.25) is 0 Å². The number of amides is 1. The second kappa shape index (κ2) is 4.69. The van der Waals surface area contributed by atoms with Crippen LogP contribution in [-0.4, -0.2) is 48.6 Å². The van der Waals surface area contributed by atoms with E-state index in [2.05, 4.69) is 4.74 Å². The summed E-state index contributed by atoms with van der Waals surface area (Å²) in [4.78, 5) is 12.2. The number of nitrogens with zero attached hydrogens (tertiary/aromatic N) is 1. The fraction of sp³-hybridized carbons (Fsp3) is 0.875. The van der Waals surface area contributed by atoms with Gasteiger partial charge in [0.1, 0.15) is 0 Å². The Morgan fingerprint density at radius 2 is 2.20 bits per heavy atom. The molecular formula is C8H12F3NO3. The second-order valence-corrected chi connectivity index (χ2v) is 3.45. The van der Waals surface area contributed by atoms with Crippen LogP contribution in [0.4, 0.5) is 18.0 Å². The molecule has 1 N–H and O–H groups in total. The van der Waals surface area contributed by atoms with Crippen LogP contribution in [0.15, 0.2) is 0 Å². The minimum absolute atomic E-state index is 0.0524. The zero-order valence-corrected chi connectivity index (χ0v) is 7.96. The minimum Gasteiger partial charge on any atom is -0.440 e. The van der Waals surface area contributed by atoms with E-state index in [1.165, 1.54) is 4.90 Å². The summed E-state index contributed by atoms with van der Waals surface area (Å²) in [6.07, 6.45) is -4.87. The summed E-state index contributed by atoms with van der Waals surface area (Å²) in [5.74, 6) is -0.0524. The van der Waals surface area contributed by atoms with Gasteiger partial charge in [-0.05, 0) is 6.42 Å². The lowest BCUT2D eigenvalue weighted by molar-refractivity contribution is -0.162. The largest absolute Gasteiger partial charge is 0.440 e. The van der Waals surface area contributed by atoms with Crippen LogP contribution in [0.5, 0.6) is 0 Å². The topological polar surface area (TPSA) is 49.8 Å². The van der Waals surface area contributed by atoms with E-state index in [0.717, 1.165) is 0 Å². The summed E-state index contributed by atoms with van der Waals surface area (Å²) >= 11 is 0. The number of alkyl halides is 3. The lowest BCUT2D eigenvalue weighted by Gasteiger charge is -2.16. The maximum absolute atomic E-state index is 11.7. The SMILES string of the molecule is O=C(OCC(F)(F)F)N1CCC(CO)C1. The van der Waals surface area contributed by atoms with Crippen molar-refractivity contribution in [1.29, 1.82) is 0 Å². The molecule has 88 valence electrons. The van der Waals surface area contributed by atoms with E-state index in [-0.39, 0.29) is 19.1 Å². The quantitative estimate of drug-likeness (QED) is 0.765. The number of ether oxygens (including phenoxy) is 1. The van der Waals surface area contributed by atoms with Crippen LogP contribution in [0, 0.1) is 5.92 Å². The molecule has 15 heavy (non-hydrogen) atoms. The molecule has 1 fully saturated rings. The van der Waals surface area contributed by atoms with E-state index in [1.54, 1.807) is 0 Å². The molecule has 0 bridgehead atoms. The molecule has 0 aromatic heterocycles. The van der Waals surface area contributed by atoms with Crippen LogP contribution in [0.25, 0.3) is 0 Å². The highest BCUT2D eigenvalue weighted by Gasteiger charge is 2.32. The fourth-order valence-electron chi connectivity index (χ4n) is 1.38. The van der Waals surface area contributed by atoms with Crippen LogP contribution in [0.3, 0.4) is 0 Å². The highest BCUT2D eigenvalue weighted by Crippen LogP contribution is 2.18. The Balaban J connectivity index is 2.30. The molecule has 0 aliphatic carbocycles. The van der Waals surface area contributed by atoms with E-state index >= 15 is 0 Å².